The van der Waals surface area contributed by atoms with Gasteiger partial charge >= 0.3 is 0 Å². The highest BCUT2D eigenvalue weighted by Gasteiger charge is 2.34. The maximum absolute atomic E-state index is 5.56. The van der Waals surface area contributed by atoms with E-state index in [2.05, 4.69) is 27.8 Å². The number of nitrogens with zero attached hydrogens (tertiary/aromatic N) is 3. The molecule has 0 amide bonds. The van der Waals surface area contributed by atoms with Crippen LogP contribution in [-0.2, 0) is 20.0 Å². The van der Waals surface area contributed by atoms with Crippen LogP contribution in [0.5, 0.6) is 0 Å². The maximum Gasteiger partial charge on any atom is 0.179 e. The monoisotopic (exact) mass is 310 g/mol. The van der Waals surface area contributed by atoms with E-state index in [9.17, 15) is 0 Å². The molecule has 1 saturated carbocycles. The predicted molar refractivity (Wildman–Crippen MR) is 88.0 cm³/mol. The number of fused-ring (bicyclic) bond motifs is 1. The maximum atomic E-state index is 5.56. The number of hydrogen-bond acceptors (Lipinski definition) is 3. The molecule has 0 saturated heterocycles. The number of nitrogens with one attached hydrogen (secondary N) is 1. The van der Waals surface area contributed by atoms with Gasteiger partial charge in [-0.2, -0.15) is 16.9 Å². The molecule has 1 fully saturated rings. The number of rotatable bonds is 4. The number of H-pyrrole nitrogens is 1. The Balaban J connectivity index is 2.09. The Hall–Kier alpha value is -0.750. The lowest BCUT2D eigenvalue weighted by Crippen LogP contribution is -2.27. The van der Waals surface area contributed by atoms with Crippen LogP contribution < -0.4 is 0 Å². The first-order chi connectivity index (χ1) is 9.60. The lowest BCUT2D eigenvalue weighted by molar-refractivity contribution is 0.503. The van der Waals surface area contributed by atoms with Crippen molar-refractivity contribution in [3.05, 3.63) is 10.5 Å². The third kappa shape index (κ3) is 2.13. The molecule has 2 heterocycles. The first kappa shape index (κ1) is 14.2. The van der Waals surface area contributed by atoms with Crippen molar-refractivity contribution in [3.8, 4) is 0 Å². The molecule has 3 rings (SSSR count). The average molecular weight is 310 g/mol. The second-order valence-corrected chi connectivity index (χ2v) is 7.39. The van der Waals surface area contributed by atoms with E-state index in [1.54, 1.807) is 0 Å². The highest BCUT2D eigenvalue weighted by atomic mass is 32.2. The van der Waals surface area contributed by atoms with Crippen LogP contribution in [0.4, 0.5) is 0 Å². The normalized spacial score (nSPS) is 18.1. The largest absolute Gasteiger partial charge is 0.328 e. The Morgan fingerprint density at radius 3 is 2.70 bits per heavy atom. The second kappa shape index (κ2) is 5.22. The van der Waals surface area contributed by atoms with E-state index in [-0.39, 0.29) is 0 Å². The van der Waals surface area contributed by atoms with Crippen LogP contribution in [0.15, 0.2) is 0 Å². The lowest BCUT2D eigenvalue weighted by Gasteiger charge is -2.27. The summed E-state index contributed by atoms with van der Waals surface area (Å²) in [5.41, 5.74) is 3.37. The van der Waals surface area contributed by atoms with E-state index >= 15 is 0 Å². The molecule has 1 aliphatic carbocycles. The fraction of sp³-hybridized carbons (Fsp3) is 0.714. The second-order valence-electron chi connectivity index (χ2n) is 5.73. The molecule has 0 spiro atoms. The van der Waals surface area contributed by atoms with Gasteiger partial charge in [-0.1, -0.05) is 19.8 Å². The van der Waals surface area contributed by atoms with Crippen molar-refractivity contribution in [2.45, 2.75) is 50.3 Å². The Morgan fingerprint density at radius 1 is 1.40 bits per heavy atom. The van der Waals surface area contributed by atoms with Crippen molar-refractivity contribution in [1.29, 1.82) is 0 Å². The van der Waals surface area contributed by atoms with E-state index in [4.69, 9.17) is 12.2 Å². The van der Waals surface area contributed by atoms with Gasteiger partial charge in [-0.05, 0) is 37.7 Å². The number of imidazole rings is 1. The highest BCUT2D eigenvalue weighted by Crippen LogP contribution is 2.42. The topological polar surface area (TPSA) is 38.5 Å². The van der Waals surface area contributed by atoms with Crippen molar-refractivity contribution in [1.82, 2.24) is 19.3 Å². The minimum atomic E-state index is 0.351. The third-order valence-corrected chi connectivity index (χ3v) is 6.28. The molecule has 2 aromatic rings. The molecule has 1 N–H and O–H groups in total. The molecule has 0 atom stereocenters. The smallest absolute Gasteiger partial charge is 0.179 e. The molecule has 110 valence electrons. The summed E-state index contributed by atoms with van der Waals surface area (Å²) in [5, 5.41) is 4.60. The SMILES string of the molecule is CCc1nn(C)c2c1[nH]c(=S)n2CC1(SC)CCCC1. The van der Waals surface area contributed by atoms with E-state index < -0.39 is 0 Å². The molecular formula is C14H22N4S2. The number of aromatic amines is 1. The van der Waals surface area contributed by atoms with Crippen molar-refractivity contribution in [3.63, 3.8) is 0 Å². The summed E-state index contributed by atoms with van der Waals surface area (Å²) in [7, 11) is 2.01. The van der Waals surface area contributed by atoms with Gasteiger partial charge in [-0.25, -0.2) is 0 Å². The molecule has 6 heteroatoms. The third-order valence-electron chi connectivity index (χ3n) is 4.55. The molecule has 0 aliphatic heterocycles. The van der Waals surface area contributed by atoms with E-state index in [0.29, 0.717) is 4.75 Å². The van der Waals surface area contributed by atoms with Gasteiger partial charge in [0, 0.05) is 18.3 Å². The van der Waals surface area contributed by atoms with E-state index in [1.807, 2.05) is 23.5 Å². The fourth-order valence-corrected chi connectivity index (χ4v) is 4.61. The van der Waals surface area contributed by atoms with E-state index in [1.165, 1.54) is 25.7 Å². The zero-order valence-corrected chi connectivity index (χ0v) is 14.0. The minimum Gasteiger partial charge on any atom is -0.328 e. The molecule has 1 aliphatic rings. The summed E-state index contributed by atoms with van der Waals surface area (Å²) in [4.78, 5) is 3.37. The lowest BCUT2D eigenvalue weighted by atomic mass is 10.1. The molecule has 0 radical (unpaired) electrons. The first-order valence-electron chi connectivity index (χ1n) is 7.30. The molecular weight excluding hydrogens is 288 g/mol. The standard InChI is InChI=1S/C14H22N4S2/c1-4-10-11-12(17(2)16-10)18(13(19)15-11)9-14(20-3)7-5-6-8-14/h4-9H2,1-3H3,(H,15,19). The van der Waals surface area contributed by atoms with Crippen LogP contribution in [0.1, 0.15) is 38.3 Å². The van der Waals surface area contributed by atoms with Gasteiger partial charge in [0.05, 0.1) is 5.69 Å². The van der Waals surface area contributed by atoms with Crippen LogP contribution >= 0.6 is 24.0 Å². The van der Waals surface area contributed by atoms with Crippen LogP contribution in [0, 0.1) is 4.77 Å². The average Bonchev–Trinajstić information content (AvgIpc) is 3.10. The summed E-state index contributed by atoms with van der Waals surface area (Å²) in [6, 6.07) is 0. The Labute approximate surface area is 128 Å². The van der Waals surface area contributed by atoms with Gasteiger partial charge in [-0.3, -0.25) is 4.68 Å². The zero-order chi connectivity index (χ0) is 14.3. The van der Waals surface area contributed by atoms with Crippen LogP contribution in [0.3, 0.4) is 0 Å². The van der Waals surface area contributed by atoms with Gasteiger partial charge in [0.25, 0.3) is 0 Å². The molecule has 0 bridgehead atoms. The van der Waals surface area contributed by atoms with Crippen molar-refractivity contribution >= 4 is 35.1 Å². The summed E-state index contributed by atoms with van der Waals surface area (Å²) < 4.78 is 5.43. The van der Waals surface area contributed by atoms with Gasteiger partial charge in [-0.15, -0.1) is 0 Å². The Bertz CT molecular complexity index is 673. The van der Waals surface area contributed by atoms with Crippen molar-refractivity contribution in [2.75, 3.05) is 6.26 Å². The zero-order valence-electron chi connectivity index (χ0n) is 12.4. The summed E-state index contributed by atoms with van der Waals surface area (Å²) in [6.45, 7) is 3.13. The summed E-state index contributed by atoms with van der Waals surface area (Å²) in [6.07, 6.45) is 8.43. The van der Waals surface area contributed by atoms with Gasteiger partial charge in [0.2, 0.25) is 0 Å². The van der Waals surface area contributed by atoms with Crippen LogP contribution in [0.25, 0.3) is 11.2 Å². The first-order valence-corrected chi connectivity index (χ1v) is 8.93. The van der Waals surface area contributed by atoms with Crippen molar-refractivity contribution < 1.29 is 0 Å². The van der Waals surface area contributed by atoms with E-state index in [0.717, 1.165) is 34.6 Å². The summed E-state index contributed by atoms with van der Waals surface area (Å²) in [5.74, 6) is 0. The highest BCUT2D eigenvalue weighted by molar-refractivity contribution is 8.00. The number of aromatic nitrogens is 4. The Kier molecular flexibility index (Phi) is 3.71. The fourth-order valence-electron chi connectivity index (χ4n) is 3.41. The predicted octanol–water partition coefficient (Wildman–Crippen LogP) is 3.67. The van der Waals surface area contributed by atoms with Crippen LogP contribution in [0.2, 0.25) is 0 Å². The molecule has 20 heavy (non-hydrogen) atoms. The van der Waals surface area contributed by atoms with Gasteiger partial charge in [0.1, 0.15) is 5.52 Å². The van der Waals surface area contributed by atoms with Crippen LogP contribution in [-0.4, -0.2) is 30.3 Å². The van der Waals surface area contributed by atoms with Gasteiger partial charge < -0.3 is 9.55 Å². The molecule has 0 unspecified atom stereocenters. The quantitative estimate of drug-likeness (QED) is 0.876. The Morgan fingerprint density at radius 2 is 2.10 bits per heavy atom. The molecule has 4 nitrogen and oxygen atoms in total. The number of aryl methyl sites for hydroxylation is 2. The van der Waals surface area contributed by atoms with Crippen molar-refractivity contribution in [2.24, 2.45) is 7.05 Å². The molecule has 2 aromatic heterocycles. The molecule has 0 aromatic carbocycles. The minimum absolute atomic E-state index is 0.351. The number of hydrogen-bond donors (Lipinski definition) is 1. The summed E-state index contributed by atoms with van der Waals surface area (Å²) >= 11 is 7.57. The number of thioether (sulfide) groups is 1. The van der Waals surface area contributed by atoms with Gasteiger partial charge in [0.15, 0.2) is 10.4 Å².